The minimum atomic E-state index is 1.19. The van der Waals surface area contributed by atoms with Gasteiger partial charge in [0.25, 0.3) is 0 Å². The van der Waals surface area contributed by atoms with E-state index in [1.54, 1.807) is 0 Å². The molecule has 5 rings (SSSR count). The van der Waals surface area contributed by atoms with Crippen molar-refractivity contribution in [3.05, 3.63) is 103 Å². The number of aromatic nitrogens is 1. The first-order valence-electron chi connectivity index (χ1n) is 9.56. The van der Waals surface area contributed by atoms with E-state index in [4.69, 9.17) is 0 Å². The molecule has 0 spiro atoms. The van der Waals surface area contributed by atoms with Crippen LogP contribution in [0.4, 0.5) is 0 Å². The molecule has 0 aliphatic rings. The Bertz CT molecular complexity index is 1170. The quantitative estimate of drug-likeness (QED) is 0.311. The average Bonchev–Trinajstić information content (AvgIpc) is 3.11. The second-order valence-electron chi connectivity index (χ2n) is 6.26. The van der Waals surface area contributed by atoms with Gasteiger partial charge in [0.15, 0.2) is 0 Å². The van der Waals surface area contributed by atoms with E-state index in [1.165, 1.54) is 38.6 Å². The monoisotopic (exact) mass is 349 g/mol. The van der Waals surface area contributed by atoms with Crippen LogP contribution < -0.4 is 0 Å². The van der Waals surface area contributed by atoms with Crippen LogP contribution in [0, 0.1) is 0 Å². The van der Waals surface area contributed by atoms with Crippen molar-refractivity contribution in [2.75, 3.05) is 0 Å². The maximum absolute atomic E-state index is 2.38. The smallest absolute Gasteiger partial charge is 0.0619 e. The van der Waals surface area contributed by atoms with Gasteiger partial charge in [0.2, 0.25) is 0 Å². The van der Waals surface area contributed by atoms with Crippen molar-refractivity contribution in [2.45, 2.75) is 13.8 Å². The summed E-state index contributed by atoms with van der Waals surface area (Å²) in [5.74, 6) is 0. The van der Waals surface area contributed by atoms with Crippen LogP contribution in [0.25, 0.3) is 38.6 Å². The van der Waals surface area contributed by atoms with E-state index in [9.17, 15) is 0 Å². The first-order chi connectivity index (χ1) is 13.4. The number of hydrogen-bond donors (Lipinski definition) is 0. The Morgan fingerprint density at radius 1 is 0.519 bits per heavy atom. The number of nitrogens with zero attached hydrogens (tertiary/aromatic N) is 1. The summed E-state index contributed by atoms with van der Waals surface area (Å²) < 4.78 is 2.38. The molecule has 132 valence electrons. The lowest BCUT2D eigenvalue weighted by molar-refractivity contribution is 1.18. The van der Waals surface area contributed by atoms with Crippen molar-refractivity contribution in [3.8, 4) is 16.8 Å². The highest BCUT2D eigenvalue weighted by Gasteiger charge is 2.15. The van der Waals surface area contributed by atoms with Gasteiger partial charge in [0, 0.05) is 22.0 Å². The van der Waals surface area contributed by atoms with Gasteiger partial charge in [-0.25, -0.2) is 0 Å². The van der Waals surface area contributed by atoms with Crippen molar-refractivity contribution in [3.63, 3.8) is 0 Å². The van der Waals surface area contributed by atoms with E-state index in [0.29, 0.717) is 0 Å². The van der Waals surface area contributed by atoms with Crippen LogP contribution in [0.1, 0.15) is 13.8 Å². The number of benzene rings is 4. The van der Waals surface area contributed by atoms with Crippen molar-refractivity contribution >= 4 is 21.8 Å². The van der Waals surface area contributed by atoms with Crippen LogP contribution in [0.5, 0.6) is 0 Å². The SMILES string of the molecule is CC.c1ccc(-c2cccc3c4ccccc4n(-c4ccccc4)c23)cc1. The molecule has 5 aromatic rings. The van der Waals surface area contributed by atoms with Gasteiger partial charge in [-0.3, -0.25) is 0 Å². The second kappa shape index (κ2) is 7.51. The maximum Gasteiger partial charge on any atom is 0.0619 e. The molecule has 0 unspecified atom stereocenters. The van der Waals surface area contributed by atoms with Crippen molar-refractivity contribution in [1.82, 2.24) is 4.57 Å². The van der Waals surface area contributed by atoms with Gasteiger partial charge in [-0.05, 0) is 23.8 Å². The largest absolute Gasteiger partial charge is 0.309 e. The van der Waals surface area contributed by atoms with Crippen molar-refractivity contribution < 1.29 is 0 Å². The predicted octanol–water partition coefficient (Wildman–Crippen LogP) is 7.48. The Labute approximate surface area is 160 Å². The first kappa shape index (κ1) is 17.1. The minimum Gasteiger partial charge on any atom is -0.309 e. The third-order valence-corrected chi connectivity index (χ3v) is 4.79. The van der Waals surface area contributed by atoms with Crippen LogP contribution >= 0.6 is 0 Å². The normalized spacial score (nSPS) is 10.6. The summed E-state index contributed by atoms with van der Waals surface area (Å²) in [6.45, 7) is 4.00. The van der Waals surface area contributed by atoms with E-state index in [1.807, 2.05) is 13.8 Å². The molecule has 0 radical (unpaired) electrons. The highest BCUT2D eigenvalue weighted by Crippen LogP contribution is 2.37. The molecular formula is C26H23N. The summed E-state index contributed by atoms with van der Waals surface area (Å²) in [7, 11) is 0. The third-order valence-electron chi connectivity index (χ3n) is 4.79. The summed E-state index contributed by atoms with van der Waals surface area (Å²) in [6.07, 6.45) is 0. The summed E-state index contributed by atoms with van der Waals surface area (Å²) in [5, 5.41) is 2.58. The minimum absolute atomic E-state index is 1.19. The molecule has 0 saturated carbocycles. The van der Waals surface area contributed by atoms with Crippen LogP contribution in [0.3, 0.4) is 0 Å². The van der Waals surface area contributed by atoms with Crippen LogP contribution in [-0.4, -0.2) is 4.57 Å². The zero-order valence-electron chi connectivity index (χ0n) is 15.8. The molecule has 4 aromatic carbocycles. The summed E-state index contributed by atoms with van der Waals surface area (Å²) in [4.78, 5) is 0. The lowest BCUT2D eigenvalue weighted by atomic mass is 10.0. The lowest BCUT2D eigenvalue weighted by Crippen LogP contribution is -1.94. The predicted molar refractivity (Wildman–Crippen MR) is 118 cm³/mol. The number of para-hydroxylation sites is 3. The van der Waals surface area contributed by atoms with Gasteiger partial charge in [0.1, 0.15) is 0 Å². The average molecular weight is 349 g/mol. The molecule has 1 nitrogen and oxygen atoms in total. The molecule has 1 heterocycles. The molecule has 1 aromatic heterocycles. The van der Waals surface area contributed by atoms with Gasteiger partial charge in [-0.2, -0.15) is 0 Å². The molecular weight excluding hydrogens is 326 g/mol. The standard InChI is InChI=1S/C24H17N.C2H6/c1-3-10-18(11-4-1)20-15-9-16-22-21-14-7-8-17-23(21)25(24(20)22)19-12-5-2-6-13-19;1-2/h1-17H;1-2H3. The van der Waals surface area contributed by atoms with E-state index in [-0.39, 0.29) is 0 Å². The van der Waals surface area contributed by atoms with E-state index < -0.39 is 0 Å². The lowest BCUT2D eigenvalue weighted by Gasteiger charge is -2.11. The molecule has 27 heavy (non-hydrogen) atoms. The van der Waals surface area contributed by atoms with Crippen molar-refractivity contribution in [1.29, 1.82) is 0 Å². The topological polar surface area (TPSA) is 4.93 Å². The molecule has 0 aliphatic heterocycles. The molecule has 0 N–H and O–H groups in total. The second-order valence-corrected chi connectivity index (χ2v) is 6.26. The Morgan fingerprint density at radius 3 is 1.85 bits per heavy atom. The summed E-state index contributed by atoms with van der Waals surface area (Å²) in [6, 6.07) is 36.5. The van der Waals surface area contributed by atoms with E-state index in [0.717, 1.165) is 0 Å². The van der Waals surface area contributed by atoms with Gasteiger partial charge < -0.3 is 4.57 Å². The molecule has 0 bridgehead atoms. The zero-order chi connectivity index (χ0) is 18.6. The summed E-state index contributed by atoms with van der Waals surface area (Å²) >= 11 is 0. The highest BCUT2D eigenvalue weighted by atomic mass is 15.0. The number of fused-ring (bicyclic) bond motifs is 3. The van der Waals surface area contributed by atoms with Crippen LogP contribution in [0.15, 0.2) is 103 Å². The maximum atomic E-state index is 2.38. The Kier molecular flexibility index (Phi) is 4.76. The Balaban J connectivity index is 0.000000872. The van der Waals surface area contributed by atoms with Crippen LogP contribution in [0.2, 0.25) is 0 Å². The van der Waals surface area contributed by atoms with Crippen molar-refractivity contribution in [2.24, 2.45) is 0 Å². The summed E-state index contributed by atoms with van der Waals surface area (Å²) in [5.41, 5.74) is 6.21. The molecule has 0 saturated heterocycles. The molecule has 0 aliphatic carbocycles. The molecule has 0 amide bonds. The Morgan fingerprint density at radius 2 is 1.11 bits per heavy atom. The van der Waals surface area contributed by atoms with E-state index in [2.05, 4.69) is 108 Å². The fourth-order valence-corrected chi connectivity index (χ4v) is 3.71. The molecule has 0 fully saturated rings. The fourth-order valence-electron chi connectivity index (χ4n) is 3.71. The number of hydrogen-bond acceptors (Lipinski definition) is 0. The molecule has 1 heteroatoms. The van der Waals surface area contributed by atoms with Gasteiger partial charge in [-0.1, -0.05) is 98.8 Å². The van der Waals surface area contributed by atoms with Gasteiger partial charge >= 0.3 is 0 Å². The first-order valence-corrected chi connectivity index (χ1v) is 9.56. The highest BCUT2D eigenvalue weighted by molar-refractivity contribution is 6.13. The van der Waals surface area contributed by atoms with E-state index >= 15 is 0 Å². The zero-order valence-corrected chi connectivity index (χ0v) is 15.8. The van der Waals surface area contributed by atoms with Crippen LogP contribution in [-0.2, 0) is 0 Å². The fraction of sp³-hybridized carbons (Fsp3) is 0.0769. The Hall–Kier alpha value is -3.32. The third kappa shape index (κ3) is 2.92. The van der Waals surface area contributed by atoms with Gasteiger partial charge in [-0.15, -0.1) is 0 Å². The molecule has 0 atom stereocenters. The number of rotatable bonds is 2. The van der Waals surface area contributed by atoms with Gasteiger partial charge in [0.05, 0.1) is 11.0 Å².